The Hall–Kier alpha value is -1.66. The number of carbonyl (C=O) groups excluding carboxylic acids is 1. The van der Waals surface area contributed by atoms with E-state index >= 15 is 0 Å². The highest BCUT2D eigenvalue weighted by Crippen LogP contribution is 2.38. The predicted octanol–water partition coefficient (Wildman–Crippen LogP) is 2.52. The van der Waals surface area contributed by atoms with E-state index in [0.29, 0.717) is 29.5 Å². The zero-order valence-corrected chi connectivity index (χ0v) is 10.9. The van der Waals surface area contributed by atoms with Gasteiger partial charge in [0.1, 0.15) is 0 Å². The van der Waals surface area contributed by atoms with Gasteiger partial charge in [-0.3, -0.25) is 4.79 Å². The second-order valence-electron chi connectivity index (χ2n) is 5.69. The molecule has 3 nitrogen and oxygen atoms in total. The SMILES string of the molecule is N#Cc1cccc(C(=O)CC2NCC3CCCC32)c1. The standard InChI is InChI=1S/C16H18N2O/c17-9-11-3-1-4-12(7-11)16(19)8-15-14-6-2-5-13(14)10-18-15/h1,3-4,7,13-15,18H,2,5-6,8,10H2. The number of hydrogen-bond donors (Lipinski definition) is 1. The summed E-state index contributed by atoms with van der Waals surface area (Å²) in [4.78, 5) is 12.3. The minimum Gasteiger partial charge on any atom is -0.313 e. The molecule has 3 rings (SSSR count). The first kappa shape index (κ1) is 12.4. The number of Topliss-reactive ketones (excluding diaryl/α,β-unsaturated/α-hetero) is 1. The van der Waals surface area contributed by atoms with Gasteiger partial charge in [0.15, 0.2) is 5.78 Å². The second kappa shape index (κ2) is 5.14. The summed E-state index contributed by atoms with van der Waals surface area (Å²) >= 11 is 0. The third kappa shape index (κ3) is 2.41. The monoisotopic (exact) mass is 254 g/mol. The van der Waals surface area contributed by atoms with Gasteiger partial charge in [0.25, 0.3) is 0 Å². The Kier molecular flexibility index (Phi) is 3.35. The molecule has 1 aliphatic heterocycles. The van der Waals surface area contributed by atoms with Crippen molar-refractivity contribution in [3.8, 4) is 6.07 Å². The van der Waals surface area contributed by atoms with Crippen LogP contribution in [0.4, 0.5) is 0 Å². The minimum atomic E-state index is 0.155. The molecular weight excluding hydrogens is 236 g/mol. The van der Waals surface area contributed by atoms with Crippen LogP contribution in [0.25, 0.3) is 0 Å². The van der Waals surface area contributed by atoms with Gasteiger partial charge >= 0.3 is 0 Å². The molecule has 19 heavy (non-hydrogen) atoms. The van der Waals surface area contributed by atoms with Crippen LogP contribution >= 0.6 is 0 Å². The Morgan fingerprint density at radius 2 is 2.32 bits per heavy atom. The van der Waals surface area contributed by atoms with Gasteiger partial charge in [0, 0.05) is 18.0 Å². The first-order valence-electron chi connectivity index (χ1n) is 7.04. The van der Waals surface area contributed by atoms with Crippen molar-refractivity contribution in [3.05, 3.63) is 35.4 Å². The lowest BCUT2D eigenvalue weighted by molar-refractivity contribution is 0.0963. The van der Waals surface area contributed by atoms with E-state index in [1.54, 1.807) is 18.2 Å². The third-order valence-electron chi connectivity index (χ3n) is 4.60. The Labute approximate surface area is 113 Å². The number of ketones is 1. The van der Waals surface area contributed by atoms with E-state index in [9.17, 15) is 4.79 Å². The Bertz CT molecular complexity index is 532. The molecule has 1 saturated heterocycles. The smallest absolute Gasteiger partial charge is 0.164 e. The molecule has 0 radical (unpaired) electrons. The summed E-state index contributed by atoms with van der Waals surface area (Å²) in [5.41, 5.74) is 1.23. The van der Waals surface area contributed by atoms with E-state index in [0.717, 1.165) is 12.5 Å². The van der Waals surface area contributed by atoms with Gasteiger partial charge < -0.3 is 5.32 Å². The number of nitrogens with one attached hydrogen (secondary N) is 1. The molecule has 0 bridgehead atoms. The number of hydrogen-bond acceptors (Lipinski definition) is 3. The number of nitrogens with zero attached hydrogens (tertiary/aromatic N) is 1. The minimum absolute atomic E-state index is 0.155. The maximum atomic E-state index is 12.3. The lowest BCUT2D eigenvalue weighted by Gasteiger charge is -2.17. The summed E-state index contributed by atoms with van der Waals surface area (Å²) in [5, 5.41) is 12.4. The first-order valence-corrected chi connectivity index (χ1v) is 7.04. The molecule has 2 fully saturated rings. The maximum absolute atomic E-state index is 12.3. The van der Waals surface area contributed by atoms with Gasteiger partial charge in [-0.2, -0.15) is 5.26 Å². The van der Waals surface area contributed by atoms with Crippen molar-refractivity contribution in [1.82, 2.24) is 5.32 Å². The zero-order chi connectivity index (χ0) is 13.2. The van der Waals surface area contributed by atoms with Crippen LogP contribution in [0.1, 0.15) is 41.6 Å². The van der Waals surface area contributed by atoms with Crippen molar-refractivity contribution in [2.24, 2.45) is 11.8 Å². The van der Waals surface area contributed by atoms with Crippen LogP contribution in [0.15, 0.2) is 24.3 Å². The van der Waals surface area contributed by atoms with Crippen LogP contribution in [0, 0.1) is 23.2 Å². The molecular formula is C16H18N2O. The molecule has 1 aromatic carbocycles. The van der Waals surface area contributed by atoms with Gasteiger partial charge in [-0.25, -0.2) is 0 Å². The third-order valence-corrected chi connectivity index (χ3v) is 4.60. The summed E-state index contributed by atoms with van der Waals surface area (Å²) < 4.78 is 0. The van der Waals surface area contributed by atoms with Crippen molar-refractivity contribution in [3.63, 3.8) is 0 Å². The summed E-state index contributed by atoms with van der Waals surface area (Å²) in [7, 11) is 0. The quantitative estimate of drug-likeness (QED) is 0.843. The molecule has 1 aliphatic carbocycles. The molecule has 1 saturated carbocycles. The number of benzene rings is 1. The topological polar surface area (TPSA) is 52.9 Å². The van der Waals surface area contributed by atoms with Crippen molar-refractivity contribution in [2.45, 2.75) is 31.7 Å². The van der Waals surface area contributed by atoms with Crippen molar-refractivity contribution >= 4 is 5.78 Å². The van der Waals surface area contributed by atoms with Gasteiger partial charge in [-0.15, -0.1) is 0 Å². The number of nitriles is 1. The molecule has 0 spiro atoms. The van der Waals surface area contributed by atoms with E-state index in [1.807, 2.05) is 6.07 Å². The molecule has 0 aromatic heterocycles. The highest BCUT2D eigenvalue weighted by Gasteiger charge is 2.39. The predicted molar refractivity (Wildman–Crippen MR) is 72.7 cm³/mol. The fourth-order valence-corrected chi connectivity index (χ4v) is 3.61. The highest BCUT2D eigenvalue weighted by atomic mass is 16.1. The van der Waals surface area contributed by atoms with Crippen molar-refractivity contribution in [2.75, 3.05) is 6.54 Å². The fraction of sp³-hybridized carbons (Fsp3) is 0.500. The summed E-state index contributed by atoms with van der Waals surface area (Å²) in [5.74, 6) is 1.62. The molecule has 3 atom stereocenters. The lowest BCUT2D eigenvalue weighted by atomic mass is 9.90. The van der Waals surface area contributed by atoms with Crippen molar-refractivity contribution in [1.29, 1.82) is 5.26 Å². The average molecular weight is 254 g/mol. The van der Waals surface area contributed by atoms with E-state index < -0.39 is 0 Å². The van der Waals surface area contributed by atoms with E-state index in [2.05, 4.69) is 11.4 Å². The van der Waals surface area contributed by atoms with E-state index in [1.165, 1.54) is 19.3 Å². The summed E-state index contributed by atoms with van der Waals surface area (Å²) in [6.07, 6.45) is 4.45. The summed E-state index contributed by atoms with van der Waals surface area (Å²) in [6, 6.07) is 9.45. The highest BCUT2D eigenvalue weighted by molar-refractivity contribution is 5.96. The normalized spacial score (nSPS) is 28.9. The molecule has 1 aromatic rings. The number of carbonyl (C=O) groups is 1. The molecule has 2 aliphatic rings. The Morgan fingerprint density at radius 3 is 3.16 bits per heavy atom. The van der Waals surface area contributed by atoms with Crippen LogP contribution in [-0.4, -0.2) is 18.4 Å². The van der Waals surface area contributed by atoms with Crippen molar-refractivity contribution < 1.29 is 4.79 Å². The zero-order valence-electron chi connectivity index (χ0n) is 10.9. The Balaban J connectivity index is 1.69. The fourth-order valence-electron chi connectivity index (χ4n) is 3.61. The summed E-state index contributed by atoms with van der Waals surface area (Å²) in [6.45, 7) is 1.07. The van der Waals surface area contributed by atoms with Crippen LogP contribution in [0.5, 0.6) is 0 Å². The van der Waals surface area contributed by atoms with Gasteiger partial charge in [0.05, 0.1) is 11.6 Å². The van der Waals surface area contributed by atoms with Gasteiger partial charge in [-0.05, 0) is 43.4 Å². The van der Waals surface area contributed by atoms with Crippen LogP contribution < -0.4 is 5.32 Å². The van der Waals surface area contributed by atoms with Crippen LogP contribution in [0.2, 0.25) is 0 Å². The lowest BCUT2D eigenvalue weighted by Crippen LogP contribution is -2.29. The Morgan fingerprint density at radius 1 is 1.42 bits per heavy atom. The molecule has 98 valence electrons. The molecule has 0 amide bonds. The molecule has 1 N–H and O–H groups in total. The van der Waals surface area contributed by atoms with Gasteiger partial charge in [0.2, 0.25) is 0 Å². The number of rotatable bonds is 3. The van der Waals surface area contributed by atoms with Crippen LogP contribution in [0.3, 0.4) is 0 Å². The molecule has 3 heteroatoms. The largest absolute Gasteiger partial charge is 0.313 e. The van der Waals surface area contributed by atoms with Crippen LogP contribution in [-0.2, 0) is 0 Å². The molecule has 1 heterocycles. The second-order valence-corrected chi connectivity index (χ2v) is 5.69. The first-order chi connectivity index (χ1) is 9.28. The van der Waals surface area contributed by atoms with Gasteiger partial charge in [-0.1, -0.05) is 18.6 Å². The number of fused-ring (bicyclic) bond motifs is 1. The maximum Gasteiger partial charge on any atom is 0.164 e. The van der Waals surface area contributed by atoms with E-state index in [4.69, 9.17) is 5.26 Å². The van der Waals surface area contributed by atoms with E-state index in [-0.39, 0.29) is 5.78 Å². The average Bonchev–Trinajstić information content (AvgIpc) is 3.04. The molecule has 3 unspecified atom stereocenters.